The van der Waals surface area contributed by atoms with Crippen LogP contribution in [0, 0.1) is 0 Å². The number of hydrogen-bond donors (Lipinski definition) is 0. The predicted molar refractivity (Wildman–Crippen MR) is 107 cm³/mol. The largest absolute Gasteiger partial charge is 0.494 e. The van der Waals surface area contributed by atoms with Crippen LogP contribution in [0.4, 0.5) is 0 Å². The van der Waals surface area contributed by atoms with Gasteiger partial charge in [-0.25, -0.2) is 4.79 Å². The predicted octanol–water partition coefficient (Wildman–Crippen LogP) is 2.67. The van der Waals surface area contributed by atoms with E-state index in [-0.39, 0.29) is 5.91 Å². The van der Waals surface area contributed by atoms with Crippen molar-refractivity contribution in [2.24, 2.45) is 0 Å². The molecule has 1 aromatic carbocycles. The van der Waals surface area contributed by atoms with Gasteiger partial charge in [0.15, 0.2) is 0 Å². The molecule has 2 aliphatic heterocycles. The Morgan fingerprint density at radius 1 is 1.18 bits per heavy atom. The Kier molecular flexibility index (Phi) is 4.92. The Morgan fingerprint density at radius 2 is 1.75 bits per heavy atom. The quantitative estimate of drug-likeness (QED) is 0.590. The van der Waals surface area contributed by atoms with E-state index in [1.165, 1.54) is 0 Å². The molecule has 0 spiro atoms. The molecule has 0 aliphatic carbocycles. The molecule has 6 nitrogen and oxygen atoms in total. The second-order valence-electron chi connectivity index (χ2n) is 9.65. The van der Waals surface area contributed by atoms with Crippen LogP contribution in [0.25, 0.3) is 0 Å². The highest BCUT2D eigenvalue weighted by atomic mass is 16.7. The SMILES string of the molecule is C[C@@H](C(=O)OC(C)(C)C)N1Cc2ccc(B3OC(C)(C)C(C)(C)O3)cc2C1=O. The number of hydrogen-bond acceptors (Lipinski definition) is 5. The second-order valence-corrected chi connectivity index (χ2v) is 9.65. The summed E-state index contributed by atoms with van der Waals surface area (Å²) in [5, 5.41) is 0. The van der Waals surface area contributed by atoms with Crippen LogP contribution in [0.15, 0.2) is 18.2 Å². The van der Waals surface area contributed by atoms with Gasteiger partial charge in [0.25, 0.3) is 5.91 Å². The van der Waals surface area contributed by atoms with Gasteiger partial charge in [-0.3, -0.25) is 4.79 Å². The first-order chi connectivity index (χ1) is 12.7. The van der Waals surface area contributed by atoms with Crippen LogP contribution in [0.1, 0.15) is 71.3 Å². The van der Waals surface area contributed by atoms with Gasteiger partial charge in [-0.1, -0.05) is 12.1 Å². The standard InChI is InChI=1S/C21H30BNO5/c1-13(18(25)26-19(2,3)4)23-12-14-9-10-15(11-16(14)17(23)24)22-27-20(5,6)21(7,8)28-22/h9-11,13H,12H2,1-8H3/t13-/m0/s1. The number of rotatable bonds is 3. The van der Waals surface area contributed by atoms with Crippen molar-refractivity contribution in [3.05, 3.63) is 29.3 Å². The van der Waals surface area contributed by atoms with Crippen molar-refractivity contribution >= 4 is 24.5 Å². The van der Waals surface area contributed by atoms with Gasteiger partial charge in [-0.15, -0.1) is 0 Å². The molecule has 0 unspecified atom stereocenters. The molecule has 7 heteroatoms. The molecule has 0 bridgehead atoms. The average molecular weight is 387 g/mol. The molecule has 152 valence electrons. The number of ether oxygens (including phenoxy) is 1. The zero-order valence-corrected chi connectivity index (χ0v) is 18.1. The number of carbonyl (C=O) groups is 2. The molecule has 0 radical (unpaired) electrons. The third-order valence-electron chi connectivity index (χ3n) is 5.71. The molecule has 1 amide bonds. The average Bonchev–Trinajstić information content (AvgIpc) is 2.98. The summed E-state index contributed by atoms with van der Waals surface area (Å²) in [6, 6.07) is 5.01. The Labute approximate surface area is 167 Å². The molecule has 28 heavy (non-hydrogen) atoms. The molecule has 1 saturated heterocycles. The Bertz CT molecular complexity index is 796. The van der Waals surface area contributed by atoms with E-state index in [1.54, 1.807) is 11.8 Å². The maximum Gasteiger partial charge on any atom is 0.494 e. The fourth-order valence-corrected chi connectivity index (χ4v) is 3.29. The van der Waals surface area contributed by atoms with Crippen molar-refractivity contribution in [3.63, 3.8) is 0 Å². The van der Waals surface area contributed by atoms with Gasteiger partial charge in [0, 0.05) is 12.1 Å². The lowest BCUT2D eigenvalue weighted by molar-refractivity contribution is -0.159. The first kappa shape index (κ1) is 20.9. The van der Waals surface area contributed by atoms with Crippen molar-refractivity contribution in [1.29, 1.82) is 0 Å². The molecule has 1 fully saturated rings. The molecular formula is C21H30BNO5. The smallest absolute Gasteiger partial charge is 0.458 e. The van der Waals surface area contributed by atoms with E-state index in [0.29, 0.717) is 12.1 Å². The van der Waals surface area contributed by atoms with Crippen LogP contribution in [-0.4, -0.2) is 46.7 Å². The highest BCUT2D eigenvalue weighted by Gasteiger charge is 2.52. The summed E-state index contributed by atoms with van der Waals surface area (Å²) in [6.07, 6.45) is 0. The van der Waals surface area contributed by atoms with E-state index in [1.807, 2.05) is 66.7 Å². The van der Waals surface area contributed by atoms with Crippen LogP contribution in [0.3, 0.4) is 0 Å². The lowest BCUT2D eigenvalue weighted by Gasteiger charge is -2.32. The molecule has 0 saturated carbocycles. The third-order valence-corrected chi connectivity index (χ3v) is 5.71. The van der Waals surface area contributed by atoms with E-state index < -0.39 is 35.9 Å². The summed E-state index contributed by atoms with van der Waals surface area (Å²) >= 11 is 0. The number of benzene rings is 1. The van der Waals surface area contributed by atoms with Crippen molar-refractivity contribution in [2.45, 2.75) is 84.8 Å². The van der Waals surface area contributed by atoms with Crippen molar-refractivity contribution < 1.29 is 23.6 Å². The van der Waals surface area contributed by atoms with E-state index >= 15 is 0 Å². The second kappa shape index (κ2) is 6.60. The Morgan fingerprint density at radius 3 is 2.29 bits per heavy atom. The fourth-order valence-electron chi connectivity index (χ4n) is 3.29. The summed E-state index contributed by atoms with van der Waals surface area (Å²) in [6.45, 7) is 15.5. The van der Waals surface area contributed by atoms with Crippen molar-refractivity contribution in [1.82, 2.24) is 4.90 Å². The maximum absolute atomic E-state index is 13.0. The number of amides is 1. The number of fused-ring (bicyclic) bond motifs is 1. The summed E-state index contributed by atoms with van der Waals surface area (Å²) in [4.78, 5) is 26.9. The summed E-state index contributed by atoms with van der Waals surface area (Å²) in [5.41, 5.74) is 0.793. The van der Waals surface area contributed by atoms with Gasteiger partial charge >= 0.3 is 13.1 Å². The van der Waals surface area contributed by atoms with Crippen molar-refractivity contribution in [2.75, 3.05) is 0 Å². The third kappa shape index (κ3) is 3.70. The van der Waals surface area contributed by atoms with Gasteiger partial charge in [-0.05, 0) is 72.5 Å². The molecule has 2 heterocycles. The van der Waals surface area contributed by atoms with Gasteiger partial charge in [0.1, 0.15) is 11.6 Å². The molecule has 3 rings (SSSR count). The van der Waals surface area contributed by atoms with Crippen molar-refractivity contribution in [3.8, 4) is 0 Å². The van der Waals surface area contributed by atoms with Crippen LogP contribution < -0.4 is 5.46 Å². The molecule has 1 aromatic rings. The van der Waals surface area contributed by atoms with Gasteiger partial charge in [0.2, 0.25) is 0 Å². The highest BCUT2D eigenvalue weighted by molar-refractivity contribution is 6.62. The highest BCUT2D eigenvalue weighted by Crippen LogP contribution is 2.37. The van der Waals surface area contributed by atoms with Gasteiger partial charge < -0.3 is 18.9 Å². The summed E-state index contributed by atoms with van der Waals surface area (Å²) in [7, 11) is -0.527. The molecule has 0 aromatic heterocycles. The first-order valence-corrected chi connectivity index (χ1v) is 9.74. The maximum atomic E-state index is 13.0. The van der Waals surface area contributed by atoms with Crippen LogP contribution in [0.5, 0.6) is 0 Å². The Balaban J connectivity index is 1.79. The topological polar surface area (TPSA) is 65.1 Å². The minimum atomic E-state index is -0.653. The fraction of sp³-hybridized carbons (Fsp3) is 0.619. The van der Waals surface area contributed by atoms with E-state index in [9.17, 15) is 9.59 Å². The minimum absolute atomic E-state index is 0.174. The number of carbonyl (C=O) groups excluding carboxylic acids is 2. The molecule has 1 atom stereocenters. The number of esters is 1. The first-order valence-electron chi connectivity index (χ1n) is 9.74. The van der Waals surface area contributed by atoms with Crippen LogP contribution in [0.2, 0.25) is 0 Å². The minimum Gasteiger partial charge on any atom is -0.458 e. The van der Waals surface area contributed by atoms with Crippen LogP contribution >= 0.6 is 0 Å². The monoisotopic (exact) mass is 387 g/mol. The van der Waals surface area contributed by atoms with E-state index in [4.69, 9.17) is 14.0 Å². The van der Waals surface area contributed by atoms with E-state index in [0.717, 1.165) is 11.0 Å². The molecular weight excluding hydrogens is 357 g/mol. The summed E-state index contributed by atoms with van der Waals surface area (Å²) < 4.78 is 17.6. The zero-order valence-electron chi connectivity index (χ0n) is 18.1. The van der Waals surface area contributed by atoms with Gasteiger partial charge in [0.05, 0.1) is 11.2 Å². The zero-order chi connectivity index (χ0) is 21.1. The lowest BCUT2D eigenvalue weighted by Crippen LogP contribution is -2.42. The molecule has 2 aliphatic rings. The normalized spacial score (nSPS) is 21.6. The van der Waals surface area contributed by atoms with Gasteiger partial charge in [-0.2, -0.15) is 0 Å². The molecule has 0 N–H and O–H groups in total. The van der Waals surface area contributed by atoms with Crippen LogP contribution in [-0.2, 0) is 25.4 Å². The number of nitrogens with zero attached hydrogens (tertiary/aromatic N) is 1. The summed E-state index contributed by atoms with van der Waals surface area (Å²) in [5.74, 6) is -0.577. The van der Waals surface area contributed by atoms with E-state index in [2.05, 4.69) is 0 Å². The lowest BCUT2D eigenvalue weighted by atomic mass is 9.78. The Hall–Kier alpha value is -1.86.